The predicted octanol–water partition coefficient (Wildman–Crippen LogP) is 4.11. The molecule has 0 radical (unpaired) electrons. The van der Waals surface area contributed by atoms with Crippen molar-refractivity contribution in [3.63, 3.8) is 0 Å². The highest BCUT2D eigenvalue weighted by Gasteiger charge is 2.51. The van der Waals surface area contributed by atoms with E-state index in [1.165, 1.54) is 36.2 Å². The zero-order chi connectivity index (χ0) is 17.4. The van der Waals surface area contributed by atoms with Crippen molar-refractivity contribution in [1.82, 2.24) is 4.90 Å². The third kappa shape index (κ3) is 2.76. The van der Waals surface area contributed by atoms with Gasteiger partial charge in [-0.3, -0.25) is 14.5 Å². The lowest BCUT2D eigenvalue weighted by atomic mass is 9.83. The zero-order valence-electron chi connectivity index (χ0n) is 14.7. The Labute approximate surface area is 149 Å². The zero-order valence-corrected chi connectivity index (χ0v) is 14.7. The summed E-state index contributed by atoms with van der Waals surface area (Å²) in [5.41, 5.74) is 4.08. The largest absolute Gasteiger partial charge is 0.280 e. The second kappa shape index (κ2) is 6.62. The van der Waals surface area contributed by atoms with Gasteiger partial charge in [0.05, 0.1) is 12.5 Å². The van der Waals surface area contributed by atoms with E-state index in [0.717, 1.165) is 5.56 Å². The summed E-state index contributed by atoms with van der Waals surface area (Å²) in [6, 6.07) is 9.74. The summed E-state index contributed by atoms with van der Waals surface area (Å²) in [6.45, 7) is 2.54. The van der Waals surface area contributed by atoms with Gasteiger partial charge in [-0.2, -0.15) is 0 Å². The predicted molar refractivity (Wildman–Crippen MR) is 97.3 cm³/mol. The Bertz CT molecular complexity index is 726. The van der Waals surface area contributed by atoms with Crippen molar-refractivity contribution in [2.75, 3.05) is 0 Å². The van der Waals surface area contributed by atoms with Crippen LogP contribution in [0.1, 0.15) is 38.2 Å². The van der Waals surface area contributed by atoms with Gasteiger partial charge in [0.15, 0.2) is 0 Å². The standard InChI is InChI=1S/C22H25NO2/c1-15-18-11-12-19(21(18)17-9-5-6-10-17)20(15)22(25)23(14-24)13-16-7-3-2-4-8-16/h2-4,7-8,11-12,14-15,18-20H,5-6,9-10,13H2,1H3/t15-,18-,19-,20+/m1/s1. The van der Waals surface area contributed by atoms with Gasteiger partial charge in [-0.25, -0.2) is 0 Å². The monoisotopic (exact) mass is 335 g/mol. The van der Waals surface area contributed by atoms with Crippen LogP contribution in [0.15, 0.2) is 53.6 Å². The van der Waals surface area contributed by atoms with Crippen LogP contribution in [-0.4, -0.2) is 17.2 Å². The lowest BCUT2D eigenvalue weighted by Crippen LogP contribution is -2.39. The summed E-state index contributed by atoms with van der Waals surface area (Å²) in [6.07, 6.45) is 10.2. The van der Waals surface area contributed by atoms with Crippen molar-refractivity contribution >= 4 is 12.3 Å². The highest BCUT2D eigenvalue weighted by Crippen LogP contribution is 2.55. The Kier molecular flexibility index (Phi) is 4.32. The molecule has 1 aromatic rings. The normalized spacial score (nSPS) is 30.1. The molecule has 0 aliphatic heterocycles. The molecule has 0 spiro atoms. The number of rotatable bonds is 4. The molecule has 2 bridgehead atoms. The average molecular weight is 335 g/mol. The molecule has 0 heterocycles. The number of fused-ring (bicyclic) bond motifs is 2. The van der Waals surface area contributed by atoms with Crippen molar-refractivity contribution in [3.8, 4) is 0 Å². The Morgan fingerprint density at radius 3 is 2.48 bits per heavy atom. The maximum Gasteiger partial charge on any atom is 0.233 e. The molecule has 3 aliphatic carbocycles. The fraction of sp³-hybridized carbons (Fsp3) is 0.455. The van der Waals surface area contributed by atoms with E-state index in [1.54, 1.807) is 5.57 Å². The maximum atomic E-state index is 13.2. The van der Waals surface area contributed by atoms with Crippen molar-refractivity contribution in [3.05, 3.63) is 59.2 Å². The minimum absolute atomic E-state index is 0.0145. The Morgan fingerprint density at radius 1 is 1.12 bits per heavy atom. The van der Waals surface area contributed by atoms with Gasteiger partial charge >= 0.3 is 0 Å². The van der Waals surface area contributed by atoms with E-state index in [4.69, 9.17) is 0 Å². The average Bonchev–Trinajstić information content (AvgIpc) is 3.34. The minimum Gasteiger partial charge on any atom is -0.280 e. The quantitative estimate of drug-likeness (QED) is 0.613. The number of benzene rings is 1. The Balaban J connectivity index is 1.58. The second-order valence-corrected chi connectivity index (χ2v) is 7.64. The fourth-order valence-corrected chi connectivity index (χ4v) is 5.07. The molecule has 2 amide bonds. The van der Waals surface area contributed by atoms with Crippen molar-refractivity contribution in [2.24, 2.45) is 23.7 Å². The molecule has 4 atom stereocenters. The lowest BCUT2D eigenvalue weighted by Gasteiger charge is -2.27. The number of carbonyl (C=O) groups is 2. The number of carbonyl (C=O) groups excluding carboxylic acids is 2. The van der Waals surface area contributed by atoms with E-state index < -0.39 is 0 Å². The van der Waals surface area contributed by atoms with Crippen LogP contribution < -0.4 is 0 Å². The molecule has 130 valence electrons. The SMILES string of the molecule is C[C@H]1[C@H](C(=O)N(C=O)Cc2ccccc2)[C@H]2C=C[C@H]1C2=C1CCCC1. The number of imide groups is 1. The summed E-state index contributed by atoms with van der Waals surface area (Å²) in [7, 11) is 0. The van der Waals surface area contributed by atoms with E-state index in [9.17, 15) is 9.59 Å². The van der Waals surface area contributed by atoms with Gasteiger partial charge in [-0.1, -0.05) is 60.6 Å². The van der Waals surface area contributed by atoms with Crippen LogP contribution in [0.25, 0.3) is 0 Å². The molecular formula is C22H25NO2. The van der Waals surface area contributed by atoms with Gasteiger partial charge in [-0.05, 0) is 37.2 Å². The maximum absolute atomic E-state index is 13.2. The van der Waals surface area contributed by atoms with Crippen molar-refractivity contribution in [1.29, 1.82) is 0 Å². The summed E-state index contributed by atoms with van der Waals surface area (Å²) >= 11 is 0. The molecule has 3 heteroatoms. The minimum atomic E-state index is -0.0907. The van der Waals surface area contributed by atoms with E-state index in [-0.39, 0.29) is 23.7 Å². The number of hydrogen-bond donors (Lipinski definition) is 0. The molecule has 2 fully saturated rings. The first-order valence-electron chi connectivity index (χ1n) is 9.40. The molecule has 3 aliphatic rings. The highest BCUT2D eigenvalue weighted by atomic mass is 16.2. The number of allylic oxidation sites excluding steroid dienone is 4. The summed E-state index contributed by atoms with van der Waals surface area (Å²) < 4.78 is 0. The number of amides is 2. The summed E-state index contributed by atoms with van der Waals surface area (Å²) in [5.74, 6) is 0.784. The second-order valence-electron chi connectivity index (χ2n) is 7.64. The van der Waals surface area contributed by atoms with Crippen LogP contribution in [0, 0.1) is 23.7 Å². The molecule has 0 unspecified atom stereocenters. The highest BCUT2D eigenvalue weighted by molar-refractivity contribution is 5.89. The summed E-state index contributed by atoms with van der Waals surface area (Å²) in [5, 5.41) is 0. The molecule has 0 saturated heterocycles. The first-order valence-corrected chi connectivity index (χ1v) is 9.40. The molecule has 25 heavy (non-hydrogen) atoms. The van der Waals surface area contributed by atoms with E-state index >= 15 is 0 Å². The Morgan fingerprint density at radius 2 is 1.80 bits per heavy atom. The van der Waals surface area contributed by atoms with Gasteiger partial charge in [0.1, 0.15) is 0 Å². The van der Waals surface area contributed by atoms with Gasteiger partial charge in [-0.15, -0.1) is 0 Å². The molecule has 4 rings (SSSR count). The van der Waals surface area contributed by atoms with Crippen LogP contribution in [0.3, 0.4) is 0 Å². The van der Waals surface area contributed by atoms with Crippen LogP contribution in [-0.2, 0) is 16.1 Å². The van der Waals surface area contributed by atoms with Crippen LogP contribution in [0.2, 0.25) is 0 Å². The van der Waals surface area contributed by atoms with Gasteiger partial charge in [0.25, 0.3) is 0 Å². The third-order valence-corrected chi connectivity index (χ3v) is 6.27. The number of hydrogen-bond acceptors (Lipinski definition) is 2. The van der Waals surface area contributed by atoms with E-state index in [1.807, 2.05) is 30.3 Å². The lowest BCUT2D eigenvalue weighted by molar-refractivity contribution is -0.143. The molecule has 3 nitrogen and oxygen atoms in total. The fourth-order valence-electron chi connectivity index (χ4n) is 5.07. The van der Waals surface area contributed by atoms with E-state index in [2.05, 4.69) is 19.1 Å². The third-order valence-electron chi connectivity index (χ3n) is 6.27. The van der Waals surface area contributed by atoms with Crippen molar-refractivity contribution < 1.29 is 9.59 Å². The molecule has 2 saturated carbocycles. The number of nitrogens with zero attached hydrogens (tertiary/aromatic N) is 1. The van der Waals surface area contributed by atoms with Crippen LogP contribution >= 0.6 is 0 Å². The summed E-state index contributed by atoms with van der Waals surface area (Å²) in [4.78, 5) is 26.2. The van der Waals surface area contributed by atoms with Gasteiger partial charge < -0.3 is 0 Å². The first-order chi connectivity index (χ1) is 12.2. The topological polar surface area (TPSA) is 37.4 Å². The van der Waals surface area contributed by atoms with Gasteiger partial charge in [0.2, 0.25) is 12.3 Å². The molecular weight excluding hydrogens is 310 g/mol. The van der Waals surface area contributed by atoms with Crippen LogP contribution in [0.4, 0.5) is 0 Å². The first kappa shape index (κ1) is 16.3. The smallest absolute Gasteiger partial charge is 0.233 e. The van der Waals surface area contributed by atoms with Crippen LogP contribution in [0.5, 0.6) is 0 Å². The molecule has 0 N–H and O–H groups in total. The molecule has 1 aromatic carbocycles. The Hall–Kier alpha value is -2.16. The molecule has 0 aromatic heterocycles. The van der Waals surface area contributed by atoms with E-state index in [0.29, 0.717) is 18.9 Å². The van der Waals surface area contributed by atoms with Gasteiger partial charge in [0, 0.05) is 11.8 Å². The van der Waals surface area contributed by atoms with Crippen molar-refractivity contribution in [2.45, 2.75) is 39.2 Å².